The average Bonchev–Trinajstić information content (AvgIpc) is 2.74. The Balaban J connectivity index is 2.16. The summed E-state index contributed by atoms with van der Waals surface area (Å²) in [4.78, 5) is 2.30. The lowest BCUT2D eigenvalue weighted by Crippen LogP contribution is -2.26. The zero-order valence-electron chi connectivity index (χ0n) is 10.0. The van der Waals surface area contributed by atoms with Gasteiger partial charge in [-0.3, -0.25) is 4.90 Å². The topological polar surface area (TPSA) is 62.3 Å². The normalized spacial score (nSPS) is 20.2. The first-order valence-electron chi connectivity index (χ1n) is 5.78. The fraction of sp³-hybridized carbons (Fsp3) is 0.462. The molecular weight excluding hydrogens is 214 g/mol. The Kier molecular flexibility index (Phi) is 3.62. The molecule has 1 heterocycles. The van der Waals surface area contributed by atoms with Crippen LogP contribution in [-0.4, -0.2) is 31.1 Å². The van der Waals surface area contributed by atoms with Crippen LogP contribution in [0.5, 0.6) is 5.75 Å². The van der Waals surface area contributed by atoms with Gasteiger partial charge in [-0.05, 0) is 24.6 Å². The summed E-state index contributed by atoms with van der Waals surface area (Å²) in [5.41, 5.74) is 7.61. The average molecular weight is 231 g/mol. The van der Waals surface area contributed by atoms with Gasteiger partial charge in [-0.1, -0.05) is 0 Å². The molecule has 2 N–H and O–H groups in total. The Bertz CT molecular complexity index is 439. The molecule has 0 aliphatic carbocycles. The molecule has 17 heavy (non-hydrogen) atoms. The molecule has 1 aliphatic rings. The van der Waals surface area contributed by atoms with Crippen molar-refractivity contribution < 1.29 is 4.74 Å². The first-order valence-corrected chi connectivity index (χ1v) is 5.78. The Labute approximate surface area is 102 Å². The van der Waals surface area contributed by atoms with E-state index in [0.29, 0.717) is 5.56 Å². The van der Waals surface area contributed by atoms with Gasteiger partial charge in [-0.25, -0.2) is 0 Å². The molecule has 4 nitrogen and oxygen atoms in total. The lowest BCUT2D eigenvalue weighted by Gasteiger charge is -2.17. The maximum atomic E-state index is 8.90. The van der Waals surface area contributed by atoms with E-state index in [1.807, 2.05) is 12.1 Å². The highest BCUT2D eigenvalue weighted by atomic mass is 16.5. The second-order valence-electron chi connectivity index (χ2n) is 4.42. The molecule has 90 valence electrons. The molecular formula is C13H17N3O. The fourth-order valence-electron chi connectivity index (χ4n) is 2.22. The molecule has 0 aromatic heterocycles. The molecule has 1 aromatic carbocycles. The summed E-state index contributed by atoms with van der Waals surface area (Å²) in [5, 5.41) is 8.90. The number of benzene rings is 1. The van der Waals surface area contributed by atoms with E-state index in [2.05, 4.69) is 11.0 Å². The van der Waals surface area contributed by atoms with Gasteiger partial charge >= 0.3 is 0 Å². The Morgan fingerprint density at radius 3 is 3.00 bits per heavy atom. The molecule has 0 amide bonds. The highest BCUT2D eigenvalue weighted by Gasteiger charge is 2.20. The summed E-state index contributed by atoms with van der Waals surface area (Å²) >= 11 is 0. The summed E-state index contributed by atoms with van der Waals surface area (Å²) in [6.07, 6.45) is 1.04. The van der Waals surface area contributed by atoms with Gasteiger partial charge in [0.1, 0.15) is 5.75 Å². The van der Waals surface area contributed by atoms with Gasteiger partial charge in [-0.2, -0.15) is 5.26 Å². The molecule has 0 spiro atoms. The maximum Gasteiger partial charge on any atom is 0.123 e. The predicted molar refractivity (Wildman–Crippen MR) is 65.6 cm³/mol. The van der Waals surface area contributed by atoms with Crippen molar-refractivity contribution in [3.8, 4) is 11.8 Å². The molecule has 1 fully saturated rings. The molecule has 0 radical (unpaired) electrons. The third-order valence-electron chi connectivity index (χ3n) is 3.11. The number of ether oxygens (including phenoxy) is 1. The van der Waals surface area contributed by atoms with Crippen LogP contribution in [-0.2, 0) is 6.54 Å². The first kappa shape index (κ1) is 11.9. The summed E-state index contributed by atoms with van der Waals surface area (Å²) in [6, 6.07) is 7.95. The van der Waals surface area contributed by atoms with Gasteiger partial charge in [0.05, 0.1) is 18.7 Å². The van der Waals surface area contributed by atoms with Crippen LogP contribution in [0.4, 0.5) is 0 Å². The van der Waals surface area contributed by atoms with Gasteiger partial charge in [0, 0.05) is 31.2 Å². The number of nitrogens with zero attached hydrogens (tertiary/aromatic N) is 2. The van der Waals surface area contributed by atoms with E-state index in [1.54, 1.807) is 13.2 Å². The zero-order valence-corrected chi connectivity index (χ0v) is 10.0. The monoisotopic (exact) mass is 231 g/mol. The van der Waals surface area contributed by atoms with Crippen LogP contribution in [0.25, 0.3) is 0 Å². The molecule has 2 rings (SSSR count). The molecule has 4 heteroatoms. The molecule has 0 bridgehead atoms. The molecule has 1 aromatic rings. The highest BCUT2D eigenvalue weighted by Crippen LogP contribution is 2.22. The summed E-state index contributed by atoms with van der Waals surface area (Å²) < 4.78 is 5.31. The molecule has 1 aliphatic heterocycles. The van der Waals surface area contributed by atoms with Crippen molar-refractivity contribution in [2.45, 2.75) is 19.0 Å². The smallest absolute Gasteiger partial charge is 0.123 e. The van der Waals surface area contributed by atoms with Crippen LogP contribution in [0.2, 0.25) is 0 Å². The van der Waals surface area contributed by atoms with Crippen molar-refractivity contribution in [2.75, 3.05) is 20.2 Å². The molecule has 1 atom stereocenters. The number of nitriles is 1. The molecule has 1 saturated heterocycles. The van der Waals surface area contributed by atoms with Crippen LogP contribution in [0.15, 0.2) is 18.2 Å². The van der Waals surface area contributed by atoms with Crippen LogP contribution in [0.1, 0.15) is 17.5 Å². The van der Waals surface area contributed by atoms with Crippen molar-refractivity contribution in [3.63, 3.8) is 0 Å². The van der Waals surface area contributed by atoms with E-state index in [9.17, 15) is 0 Å². The van der Waals surface area contributed by atoms with Gasteiger partial charge < -0.3 is 10.5 Å². The third kappa shape index (κ3) is 2.76. The SMILES string of the molecule is COc1ccc(C#N)cc1CN1CC[C@H](N)C1. The van der Waals surface area contributed by atoms with E-state index in [-0.39, 0.29) is 6.04 Å². The van der Waals surface area contributed by atoms with Crippen molar-refractivity contribution in [2.24, 2.45) is 5.73 Å². The second kappa shape index (κ2) is 5.17. The minimum absolute atomic E-state index is 0.278. The minimum atomic E-state index is 0.278. The second-order valence-corrected chi connectivity index (χ2v) is 4.42. The lowest BCUT2D eigenvalue weighted by molar-refractivity contribution is 0.317. The number of likely N-dealkylation sites (tertiary alicyclic amines) is 1. The summed E-state index contributed by atoms with van der Waals surface area (Å²) in [6.45, 7) is 2.73. The van der Waals surface area contributed by atoms with Crippen LogP contribution in [0.3, 0.4) is 0 Å². The number of nitrogens with two attached hydrogens (primary N) is 1. The minimum Gasteiger partial charge on any atom is -0.496 e. The van der Waals surface area contributed by atoms with E-state index in [0.717, 1.165) is 37.4 Å². The standard InChI is InChI=1S/C13H17N3O/c1-17-13-3-2-10(7-14)6-11(13)8-16-5-4-12(15)9-16/h2-3,6,12H,4-5,8-9,15H2,1H3/t12-/m0/s1. The largest absolute Gasteiger partial charge is 0.496 e. The van der Waals surface area contributed by atoms with E-state index in [4.69, 9.17) is 15.7 Å². The number of rotatable bonds is 3. The van der Waals surface area contributed by atoms with Crippen molar-refractivity contribution in [3.05, 3.63) is 29.3 Å². The molecule has 0 saturated carbocycles. The van der Waals surface area contributed by atoms with Gasteiger partial charge in [0.25, 0.3) is 0 Å². The Morgan fingerprint density at radius 1 is 1.59 bits per heavy atom. The molecule has 0 unspecified atom stereocenters. The summed E-state index contributed by atoms with van der Waals surface area (Å²) in [5.74, 6) is 0.837. The van der Waals surface area contributed by atoms with E-state index >= 15 is 0 Å². The Morgan fingerprint density at radius 2 is 2.41 bits per heavy atom. The van der Waals surface area contributed by atoms with E-state index in [1.165, 1.54) is 0 Å². The van der Waals surface area contributed by atoms with Crippen molar-refractivity contribution >= 4 is 0 Å². The predicted octanol–water partition coefficient (Wildman–Crippen LogP) is 1.10. The van der Waals surface area contributed by atoms with Gasteiger partial charge in [0.2, 0.25) is 0 Å². The third-order valence-corrected chi connectivity index (χ3v) is 3.11. The first-order chi connectivity index (χ1) is 8.22. The zero-order chi connectivity index (χ0) is 12.3. The summed E-state index contributed by atoms with van der Waals surface area (Å²) in [7, 11) is 1.65. The number of hydrogen-bond acceptors (Lipinski definition) is 4. The van der Waals surface area contributed by atoms with Crippen molar-refractivity contribution in [1.29, 1.82) is 5.26 Å². The number of methoxy groups -OCH3 is 1. The van der Waals surface area contributed by atoms with E-state index < -0.39 is 0 Å². The van der Waals surface area contributed by atoms with Crippen LogP contribution < -0.4 is 10.5 Å². The fourth-order valence-corrected chi connectivity index (χ4v) is 2.22. The van der Waals surface area contributed by atoms with Gasteiger partial charge in [-0.15, -0.1) is 0 Å². The van der Waals surface area contributed by atoms with Crippen LogP contribution in [0, 0.1) is 11.3 Å². The van der Waals surface area contributed by atoms with Crippen molar-refractivity contribution in [1.82, 2.24) is 4.90 Å². The maximum absolute atomic E-state index is 8.90. The quantitative estimate of drug-likeness (QED) is 0.846. The van der Waals surface area contributed by atoms with Gasteiger partial charge in [0.15, 0.2) is 0 Å². The van der Waals surface area contributed by atoms with Crippen LogP contribution >= 0.6 is 0 Å². The number of hydrogen-bond donors (Lipinski definition) is 1. The Hall–Kier alpha value is -1.57. The lowest BCUT2D eigenvalue weighted by atomic mass is 10.1. The highest BCUT2D eigenvalue weighted by molar-refractivity contribution is 5.42.